The number of benzene rings is 1. The van der Waals surface area contributed by atoms with Gasteiger partial charge in [-0.05, 0) is 45.3 Å². The lowest BCUT2D eigenvalue weighted by molar-refractivity contribution is 0.326. The lowest BCUT2D eigenvalue weighted by atomic mass is 10.1. The second kappa shape index (κ2) is 6.46. The highest BCUT2D eigenvalue weighted by molar-refractivity contribution is 8.02. The van der Waals surface area contributed by atoms with Gasteiger partial charge >= 0.3 is 0 Å². The van der Waals surface area contributed by atoms with Crippen LogP contribution in [0.4, 0.5) is 0 Å². The van der Waals surface area contributed by atoms with Gasteiger partial charge in [0.25, 0.3) is 0 Å². The van der Waals surface area contributed by atoms with E-state index in [1.165, 1.54) is 10.8 Å². The largest absolute Gasteiger partial charge is 0.302 e. The Labute approximate surface area is 110 Å². The summed E-state index contributed by atoms with van der Waals surface area (Å²) in [4.78, 5) is 2.28. The van der Waals surface area contributed by atoms with Crippen molar-refractivity contribution in [2.24, 2.45) is 0 Å². The first-order chi connectivity index (χ1) is 8.27. The Balaban J connectivity index is 1.93. The summed E-state index contributed by atoms with van der Waals surface area (Å²) in [6.45, 7) is 0. The highest BCUT2D eigenvalue weighted by Gasteiger charge is 2.21. The predicted octanol–water partition coefficient (Wildman–Crippen LogP) is 3.39. The molecule has 1 fully saturated rings. The zero-order valence-corrected chi connectivity index (χ0v) is 11.2. The van der Waals surface area contributed by atoms with Crippen LogP contribution >= 0.6 is 11.8 Å². The van der Waals surface area contributed by atoms with E-state index in [9.17, 15) is 0 Å². The van der Waals surface area contributed by atoms with Gasteiger partial charge in [-0.15, -0.1) is 0 Å². The Morgan fingerprint density at radius 3 is 2.29 bits per heavy atom. The molecule has 0 heterocycles. The van der Waals surface area contributed by atoms with E-state index in [0.717, 1.165) is 5.75 Å². The Morgan fingerprint density at radius 2 is 1.71 bits per heavy atom. The van der Waals surface area contributed by atoms with Crippen LogP contribution in [0.1, 0.15) is 11.6 Å². The zero-order chi connectivity index (χ0) is 12.1. The molecule has 1 nitrogen and oxygen atoms in total. The number of hydrogen-bond acceptors (Lipinski definition) is 2. The minimum absolute atomic E-state index is 0.469. The summed E-state index contributed by atoms with van der Waals surface area (Å²) < 4.78 is 0. The molecule has 2 heteroatoms. The van der Waals surface area contributed by atoms with Crippen LogP contribution in [0.25, 0.3) is 0 Å². The Morgan fingerprint density at radius 1 is 1.06 bits per heavy atom. The summed E-state index contributed by atoms with van der Waals surface area (Å²) in [5.41, 5.74) is 1.39. The molecule has 0 amide bonds. The molecule has 1 aromatic carbocycles. The van der Waals surface area contributed by atoms with Crippen LogP contribution in [-0.2, 0) is 0 Å². The SMILES string of the molecule is CN(C)[C@H](CS[C]1[CH][CH][CH][CH]1)c1ccccc1. The van der Waals surface area contributed by atoms with Crippen molar-refractivity contribution in [2.45, 2.75) is 6.04 Å². The van der Waals surface area contributed by atoms with Crippen molar-refractivity contribution >= 4 is 11.8 Å². The first kappa shape index (κ1) is 13.0. The molecule has 0 bridgehead atoms. The van der Waals surface area contributed by atoms with Gasteiger partial charge in [0.15, 0.2) is 0 Å². The van der Waals surface area contributed by atoms with Gasteiger partial charge in [0.2, 0.25) is 0 Å². The molecular formula is C15H18NS. The van der Waals surface area contributed by atoms with Gasteiger partial charge in [-0.25, -0.2) is 0 Å². The highest BCUT2D eigenvalue weighted by Crippen LogP contribution is 2.36. The van der Waals surface area contributed by atoms with Crippen LogP contribution < -0.4 is 0 Å². The fraction of sp³-hybridized carbons (Fsp3) is 0.267. The molecule has 89 valence electrons. The van der Waals surface area contributed by atoms with E-state index < -0.39 is 0 Å². The van der Waals surface area contributed by atoms with Gasteiger partial charge in [0.05, 0.1) is 0 Å². The topological polar surface area (TPSA) is 3.24 Å². The quantitative estimate of drug-likeness (QED) is 0.781. The number of hydrogen-bond donors (Lipinski definition) is 0. The van der Waals surface area contributed by atoms with Gasteiger partial charge in [0.1, 0.15) is 0 Å². The molecule has 0 spiro atoms. The molecule has 1 aromatic rings. The van der Waals surface area contributed by atoms with Crippen LogP contribution in [0.15, 0.2) is 30.3 Å². The highest BCUT2D eigenvalue weighted by atomic mass is 32.2. The smallest absolute Gasteiger partial charge is 0.0432 e. The van der Waals surface area contributed by atoms with Gasteiger partial charge < -0.3 is 4.90 Å². The van der Waals surface area contributed by atoms with Crippen molar-refractivity contribution in [3.63, 3.8) is 0 Å². The molecule has 2 rings (SSSR count). The maximum Gasteiger partial charge on any atom is 0.0432 e. The summed E-state index contributed by atoms with van der Waals surface area (Å²) in [7, 11) is 4.28. The maximum absolute atomic E-state index is 2.28. The lowest BCUT2D eigenvalue weighted by Crippen LogP contribution is -2.22. The van der Waals surface area contributed by atoms with Crippen molar-refractivity contribution in [2.75, 3.05) is 19.8 Å². The fourth-order valence-corrected chi connectivity index (χ4v) is 3.04. The molecule has 0 aliphatic heterocycles. The number of nitrogens with zero attached hydrogens (tertiary/aromatic N) is 1. The normalized spacial score (nSPS) is 18.8. The van der Waals surface area contributed by atoms with E-state index >= 15 is 0 Å². The van der Waals surface area contributed by atoms with Crippen LogP contribution in [-0.4, -0.2) is 24.7 Å². The van der Waals surface area contributed by atoms with Gasteiger partial charge in [-0.1, -0.05) is 30.3 Å². The average Bonchev–Trinajstić information content (AvgIpc) is 2.83. The van der Waals surface area contributed by atoms with Crippen molar-refractivity contribution in [3.8, 4) is 0 Å². The summed E-state index contributed by atoms with van der Waals surface area (Å²) in [6.07, 6.45) is 8.52. The summed E-state index contributed by atoms with van der Waals surface area (Å²) >= 11 is 1.92. The Bertz CT molecular complexity index is 317. The lowest BCUT2D eigenvalue weighted by Gasteiger charge is -2.25. The molecule has 1 aliphatic rings. The van der Waals surface area contributed by atoms with Gasteiger partial charge in [-0.3, -0.25) is 0 Å². The molecule has 17 heavy (non-hydrogen) atoms. The first-order valence-corrected chi connectivity index (χ1v) is 6.82. The summed E-state index contributed by atoms with van der Waals surface area (Å²) in [5, 5.41) is 1.35. The van der Waals surface area contributed by atoms with Crippen LogP contribution in [0, 0.1) is 30.9 Å². The van der Waals surface area contributed by atoms with Gasteiger partial charge in [-0.2, -0.15) is 11.8 Å². The second-order valence-corrected chi connectivity index (χ2v) is 5.42. The van der Waals surface area contributed by atoms with Gasteiger partial charge in [0, 0.05) is 17.0 Å². The van der Waals surface area contributed by atoms with Crippen molar-refractivity contribution in [1.29, 1.82) is 0 Å². The minimum atomic E-state index is 0.469. The van der Waals surface area contributed by atoms with Crippen molar-refractivity contribution < 1.29 is 0 Å². The third-order valence-electron chi connectivity index (χ3n) is 2.85. The minimum Gasteiger partial charge on any atom is -0.302 e. The van der Waals surface area contributed by atoms with Crippen molar-refractivity contribution in [1.82, 2.24) is 4.90 Å². The molecule has 5 radical (unpaired) electrons. The molecule has 1 aliphatic carbocycles. The third-order valence-corrected chi connectivity index (χ3v) is 3.94. The van der Waals surface area contributed by atoms with Crippen LogP contribution in [0.2, 0.25) is 0 Å². The molecule has 0 saturated heterocycles. The summed E-state index contributed by atoms with van der Waals surface area (Å²) in [6, 6.07) is 11.2. The molecule has 0 unspecified atom stereocenters. The van der Waals surface area contributed by atoms with E-state index in [-0.39, 0.29) is 0 Å². The maximum atomic E-state index is 2.28. The first-order valence-electron chi connectivity index (χ1n) is 5.83. The van der Waals surface area contributed by atoms with E-state index in [4.69, 9.17) is 0 Å². The molecule has 0 aromatic heterocycles. The molecule has 1 saturated carbocycles. The van der Waals surface area contributed by atoms with Crippen LogP contribution in [0.5, 0.6) is 0 Å². The van der Waals surface area contributed by atoms with Crippen LogP contribution in [0.3, 0.4) is 0 Å². The van der Waals surface area contributed by atoms with Crippen molar-refractivity contribution in [3.05, 3.63) is 66.8 Å². The van der Waals surface area contributed by atoms with E-state index in [1.807, 2.05) is 11.8 Å². The second-order valence-electron chi connectivity index (χ2n) is 4.32. The number of thioether (sulfide) groups is 1. The van der Waals surface area contributed by atoms with E-state index in [1.54, 1.807) is 0 Å². The Kier molecular flexibility index (Phi) is 4.93. The summed E-state index contributed by atoms with van der Waals surface area (Å²) in [5.74, 6) is 1.08. The van der Waals surface area contributed by atoms with E-state index in [2.05, 4.69) is 75.0 Å². The molecule has 0 N–H and O–H groups in total. The fourth-order valence-electron chi connectivity index (χ4n) is 1.85. The third kappa shape index (κ3) is 3.75. The monoisotopic (exact) mass is 244 g/mol. The molecular weight excluding hydrogens is 226 g/mol. The average molecular weight is 244 g/mol. The van der Waals surface area contributed by atoms with E-state index in [0.29, 0.717) is 6.04 Å². The zero-order valence-electron chi connectivity index (χ0n) is 10.3. The number of rotatable bonds is 5. The Hall–Kier alpha value is -0.470. The molecule has 1 atom stereocenters. The standard InChI is InChI=1S/C15H18NS/c1-16(2)15(13-8-4-3-5-9-13)12-17-14-10-6-7-11-14/h3-11,15H,12H2,1-2H3/t15-/m1/s1. The predicted molar refractivity (Wildman–Crippen MR) is 75.8 cm³/mol.